The Labute approximate surface area is 116 Å². The van der Waals surface area contributed by atoms with Crippen molar-refractivity contribution in [3.05, 3.63) is 0 Å². The minimum atomic E-state index is -0.689. The van der Waals surface area contributed by atoms with Crippen molar-refractivity contribution < 1.29 is 4.79 Å². The number of hydrogen-bond acceptors (Lipinski definition) is 2. The van der Waals surface area contributed by atoms with Crippen LogP contribution in [0.3, 0.4) is 0 Å². The van der Waals surface area contributed by atoms with Gasteiger partial charge >= 0.3 is 0 Å². The minimum absolute atomic E-state index is 0.0795. The maximum absolute atomic E-state index is 12.5. The summed E-state index contributed by atoms with van der Waals surface area (Å²) in [6.07, 6.45) is 6.95. The van der Waals surface area contributed by atoms with Gasteiger partial charge in [-0.2, -0.15) is 5.26 Å². The van der Waals surface area contributed by atoms with Gasteiger partial charge in [0, 0.05) is 13.6 Å². The van der Waals surface area contributed by atoms with E-state index in [4.69, 9.17) is 0 Å². The van der Waals surface area contributed by atoms with E-state index in [0.717, 1.165) is 31.2 Å². The van der Waals surface area contributed by atoms with E-state index in [1.54, 1.807) is 0 Å². The van der Waals surface area contributed by atoms with Crippen LogP contribution < -0.4 is 0 Å². The molecule has 0 N–H and O–H groups in total. The second kappa shape index (κ2) is 4.51. The zero-order valence-corrected chi connectivity index (χ0v) is 12.1. The zero-order valence-electron chi connectivity index (χ0n) is 12.1. The average molecular weight is 260 g/mol. The fraction of sp³-hybridized carbons (Fsp3) is 0.875. The lowest BCUT2D eigenvalue weighted by atomic mass is 9.62. The second-order valence-electron chi connectivity index (χ2n) is 7.33. The monoisotopic (exact) mass is 260 g/mol. The van der Waals surface area contributed by atoms with E-state index < -0.39 is 5.41 Å². The maximum atomic E-state index is 12.5. The third-order valence-electron chi connectivity index (χ3n) is 5.76. The molecule has 19 heavy (non-hydrogen) atoms. The number of rotatable bonds is 3. The number of amides is 1. The lowest BCUT2D eigenvalue weighted by molar-refractivity contribution is -0.144. The first-order valence-electron chi connectivity index (χ1n) is 7.71. The van der Waals surface area contributed by atoms with Crippen molar-refractivity contribution in [2.24, 2.45) is 29.1 Å². The molecule has 0 radical (unpaired) electrons. The minimum Gasteiger partial charge on any atom is -0.344 e. The van der Waals surface area contributed by atoms with Crippen molar-refractivity contribution in [3.63, 3.8) is 0 Å². The highest BCUT2D eigenvalue weighted by Crippen LogP contribution is 2.49. The van der Waals surface area contributed by atoms with Gasteiger partial charge in [-0.15, -0.1) is 0 Å². The maximum Gasteiger partial charge on any atom is 0.242 e. The molecule has 0 aromatic heterocycles. The molecule has 3 aliphatic rings. The molecule has 0 aromatic rings. The van der Waals surface area contributed by atoms with Crippen LogP contribution in [0.15, 0.2) is 0 Å². The normalized spacial score (nSPS) is 43.6. The van der Waals surface area contributed by atoms with Gasteiger partial charge in [-0.25, -0.2) is 0 Å². The first-order chi connectivity index (χ1) is 9.04. The average Bonchev–Trinajstić information content (AvgIpc) is 2.95. The van der Waals surface area contributed by atoms with Gasteiger partial charge in [0.1, 0.15) is 5.41 Å². The topological polar surface area (TPSA) is 44.1 Å². The lowest BCUT2D eigenvalue weighted by Gasteiger charge is -2.42. The number of hydrogen-bond donors (Lipinski definition) is 0. The van der Waals surface area contributed by atoms with E-state index in [1.165, 1.54) is 25.7 Å². The van der Waals surface area contributed by atoms with Gasteiger partial charge in [-0.05, 0) is 55.8 Å². The predicted octanol–water partition coefficient (Wildman–Crippen LogP) is 2.82. The highest BCUT2D eigenvalue weighted by molar-refractivity contribution is 5.86. The first-order valence-corrected chi connectivity index (χ1v) is 7.71. The summed E-state index contributed by atoms with van der Waals surface area (Å²) in [5.41, 5.74) is -0.689. The van der Waals surface area contributed by atoms with E-state index in [-0.39, 0.29) is 5.91 Å². The Kier molecular flexibility index (Phi) is 3.08. The summed E-state index contributed by atoms with van der Waals surface area (Å²) in [6.45, 7) is 3.00. The standard InChI is InChI=1S/C16H24N2O/c1-11-7-16(8-11,10-17)15(19)18(2)9-14-6-12-3-4-13(14)5-12/h11-14H,3-9H2,1-2H3. The molecule has 0 heterocycles. The zero-order chi connectivity index (χ0) is 13.6. The van der Waals surface area contributed by atoms with Crippen molar-refractivity contribution in [3.8, 4) is 6.07 Å². The third kappa shape index (κ3) is 2.06. The van der Waals surface area contributed by atoms with Gasteiger partial charge in [0.15, 0.2) is 0 Å². The molecule has 3 unspecified atom stereocenters. The molecule has 0 aromatic carbocycles. The van der Waals surface area contributed by atoms with E-state index in [0.29, 0.717) is 11.8 Å². The van der Waals surface area contributed by atoms with Gasteiger partial charge in [0.25, 0.3) is 0 Å². The molecule has 3 saturated carbocycles. The molecule has 104 valence electrons. The number of carbonyl (C=O) groups is 1. The molecular formula is C16H24N2O. The summed E-state index contributed by atoms with van der Waals surface area (Å²) in [4.78, 5) is 14.4. The molecule has 3 nitrogen and oxygen atoms in total. The van der Waals surface area contributed by atoms with Crippen LogP contribution in [0.5, 0.6) is 0 Å². The summed E-state index contributed by atoms with van der Waals surface area (Å²) in [7, 11) is 1.90. The molecular weight excluding hydrogens is 236 g/mol. The van der Waals surface area contributed by atoms with E-state index in [2.05, 4.69) is 13.0 Å². The van der Waals surface area contributed by atoms with Crippen LogP contribution in [0.1, 0.15) is 45.4 Å². The predicted molar refractivity (Wildman–Crippen MR) is 73.0 cm³/mol. The Morgan fingerprint density at radius 3 is 2.58 bits per heavy atom. The van der Waals surface area contributed by atoms with Crippen LogP contribution in [-0.4, -0.2) is 24.4 Å². The van der Waals surface area contributed by atoms with Crippen molar-refractivity contribution in [2.75, 3.05) is 13.6 Å². The molecule has 1 amide bonds. The van der Waals surface area contributed by atoms with Crippen molar-refractivity contribution in [2.45, 2.75) is 45.4 Å². The molecule has 3 atom stereocenters. The summed E-state index contributed by atoms with van der Waals surface area (Å²) < 4.78 is 0. The lowest BCUT2D eigenvalue weighted by Crippen LogP contribution is -2.50. The largest absolute Gasteiger partial charge is 0.344 e. The fourth-order valence-electron chi connectivity index (χ4n) is 4.84. The van der Waals surface area contributed by atoms with Crippen molar-refractivity contribution in [1.29, 1.82) is 5.26 Å². The van der Waals surface area contributed by atoms with E-state index in [1.807, 2.05) is 11.9 Å². The number of fused-ring (bicyclic) bond motifs is 2. The summed E-state index contributed by atoms with van der Waals surface area (Å²) in [6, 6.07) is 2.29. The van der Waals surface area contributed by atoms with Crippen LogP contribution in [0.4, 0.5) is 0 Å². The van der Waals surface area contributed by atoms with Gasteiger partial charge in [-0.1, -0.05) is 13.3 Å². The number of nitrogens with zero attached hydrogens (tertiary/aromatic N) is 2. The van der Waals surface area contributed by atoms with Crippen LogP contribution in [0.2, 0.25) is 0 Å². The molecule has 0 aliphatic heterocycles. The van der Waals surface area contributed by atoms with Crippen LogP contribution in [0, 0.1) is 40.4 Å². The van der Waals surface area contributed by atoms with Gasteiger partial charge in [0.2, 0.25) is 5.91 Å². The van der Waals surface area contributed by atoms with E-state index >= 15 is 0 Å². The van der Waals surface area contributed by atoms with Gasteiger partial charge in [-0.3, -0.25) is 4.79 Å². The molecule has 3 rings (SSSR count). The molecule has 0 saturated heterocycles. The first kappa shape index (κ1) is 13.0. The fourth-order valence-corrected chi connectivity index (χ4v) is 4.84. The second-order valence-corrected chi connectivity index (χ2v) is 7.33. The van der Waals surface area contributed by atoms with Gasteiger partial charge < -0.3 is 4.90 Å². The Morgan fingerprint density at radius 2 is 2.11 bits per heavy atom. The summed E-state index contributed by atoms with van der Waals surface area (Å²) in [5, 5.41) is 9.34. The summed E-state index contributed by atoms with van der Waals surface area (Å²) in [5.74, 6) is 3.07. The van der Waals surface area contributed by atoms with Crippen LogP contribution >= 0.6 is 0 Å². The quantitative estimate of drug-likeness (QED) is 0.783. The van der Waals surface area contributed by atoms with E-state index in [9.17, 15) is 10.1 Å². The van der Waals surface area contributed by atoms with Crippen molar-refractivity contribution >= 4 is 5.91 Å². The molecule has 2 bridgehead atoms. The Balaban J connectivity index is 1.60. The molecule has 3 fully saturated rings. The Hall–Kier alpha value is -1.04. The molecule has 0 spiro atoms. The smallest absolute Gasteiger partial charge is 0.242 e. The number of nitriles is 1. The Morgan fingerprint density at radius 1 is 1.37 bits per heavy atom. The van der Waals surface area contributed by atoms with Crippen LogP contribution in [-0.2, 0) is 4.79 Å². The van der Waals surface area contributed by atoms with Crippen molar-refractivity contribution in [1.82, 2.24) is 4.90 Å². The SMILES string of the molecule is CC1CC(C#N)(C(=O)N(C)CC2CC3CCC2C3)C1. The number of carbonyl (C=O) groups excluding carboxylic acids is 1. The molecule has 3 aliphatic carbocycles. The molecule has 3 heteroatoms. The summed E-state index contributed by atoms with van der Waals surface area (Å²) >= 11 is 0. The Bertz CT molecular complexity index is 419. The van der Waals surface area contributed by atoms with Gasteiger partial charge in [0.05, 0.1) is 6.07 Å². The third-order valence-corrected chi connectivity index (χ3v) is 5.76. The highest BCUT2D eigenvalue weighted by atomic mass is 16.2. The van der Waals surface area contributed by atoms with Crippen LogP contribution in [0.25, 0.3) is 0 Å². The highest BCUT2D eigenvalue weighted by Gasteiger charge is 2.51.